The van der Waals surface area contributed by atoms with Gasteiger partial charge in [-0.1, -0.05) is 11.6 Å². The first kappa shape index (κ1) is 24.1. The molecule has 35 heavy (non-hydrogen) atoms. The normalized spacial score (nSPS) is 16.8. The molecule has 186 valence electrons. The molecule has 2 aliphatic heterocycles. The molecule has 2 aliphatic rings. The minimum absolute atomic E-state index is 0.344. The third-order valence-corrected chi connectivity index (χ3v) is 7.24. The molecule has 2 fully saturated rings. The second-order valence-electron chi connectivity index (χ2n) is 8.81. The minimum Gasteiger partial charge on any atom is -0.368 e. The Morgan fingerprint density at radius 3 is 2.60 bits per heavy atom. The lowest BCUT2D eigenvalue weighted by Gasteiger charge is -2.37. The quantitative estimate of drug-likeness (QED) is 0.434. The maximum Gasteiger partial charge on any atom is 0.329 e. The van der Waals surface area contributed by atoms with Gasteiger partial charge in [-0.25, -0.2) is 15.0 Å². The van der Waals surface area contributed by atoms with Crippen molar-refractivity contribution in [3.8, 4) is 0 Å². The fourth-order valence-electron chi connectivity index (χ4n) is 4.73. The van der Waals surface area contributed by atoms with E-state index in [2.05, 4.69) is 50.8 Å². The number of carbonyl (C=O) groups excluding carboxylic acids is 1. The number of anilines is 3. The van der Waals surface area contributed by atoms with Gasteiger partial charge in [-0.15, -0.1) is 0 Å². The van der Waals surface area contributed by atoms with Crippen molar-refractivity contribution in [2.24, 2.45) is 0 Å². The Morgan fingerprint density at radius 2 is 1.86 bits per heavy atom. The molecule has 1 N–H and O–H groups in total. The summed E-state index contributed by atoms with van der Waals surface area (Å²) in [7, 11) is 0. The van der Waals surface area contributed by atoms with Crippen molar-refractivity contribution in [2.75, 3.05) is 67.2 Å². The molecule has 0 spiro atoms. The molecule has 2 saturated heterocycles. The van der Waals surface area contributed by atoms with Gasteiger partial charge < -0.3 is 19.5 Å². The van der Waals surface area contributed by atoms with Crippen molar-refractivity contribution in [3.63, 3.8) is 0 Å². The topological polar surface area (TPSA) is 93.7 Å². The Labute approximate surface area is 217 Å². The Bertz CT molecular complexity index is 1190. The van der Waals surface area contributed by atoms with E-state index in [1.165, 1.54) is 19.8 Å². The maximum atomic E-state index is 11.8. The summed E-state index contributed by atoms with van der Waals surface area (Å²) in [6.45, 7) is 8.20. The van der Waals surface area contributed by atoms with Crippen LogP contribution in [0.5, 0.6) is 0 Å². The van der Waals surface area contributed by atoms with Crippen LogP contribution in [0.4, 0.5) is 17.2 Å². The lowest BCUT2D eigenvalue weighted by atomic mass is 10.2. The summed E-state index contributed by atoms with van der Waals surface area (Å²) in [5, 5.41) is 10.3. The van der Waals surface area contributed by atoms with Crippen molar-refractivity contribution >= 4 is 61.7 Å². The molecule has 0 amide bonds. The second-order valence-corrected chi connectivity index (χ2v) is 10.00. The Morgan fingerprint density at radius 1 is 1.11 bits per heavy atom. The van der Waals surface area contributed by atoms with Crippen LogP contribution in [0.3, 0.4) is 0 Å². The molecule has 5 rings (SSSR count). The fraction of sp³-hybridized carbons (Fsp3) is 0.478. The third kappa shape index (κ3) is 5.46. The number of fused-ring (bicyclic) bond motifs is 1. The van der Waals surface area contributed by atoms with Crippen molar-refractivity contribution in [1.29, 1.82) is 0 Å². The van der Waals surface area contributed by atoms with Crippen molar-refractivity contribution in [2.45, 2.75) is 19.8 Å². The van der Waals surface area contributed by atoms with Crippen LogP contribution in [-0.2, 0) is 9.63 Å². The van der Waals surface area contributed by atoms with E-state index in [9.17, 15) is 4.79 Å². The van der Waals surface area contributed by atoms with Gasteiger partial charge >= 0.3 is 5.97 Å². The van der Waals surface area contributed by atoms with E-state index in [4.69, 9.17) is 16.4 Å². The van der Waals surface area contributed by atoms with E-state index in [-0.39, 0.29) is 5.97 Å². The van der Waals surface area contributed by atoms with Gasteiger partial charge in [0.25, 0.3) is 0 Å². The summed E-state index contributed by atoms with van der Waals surface area (Å²) in [4.78, 5) is 33.1. The van der Waals surface area contributed by atoms with Crippen LogP contribution in [0.25, 0.3) is 11.0 Å². The summed E-state index contributed by atoms with van der Waals surface area (Å²) in [6.07, 6.45) is 4.00. The number of aromatic amines is 1. The predicted molar refractivity (Wildman–Crippen MR) is 140 cm³/mol. The summed E-state index contributed by atoms with van der Waals surface area (Å²) in [5.74, 6) is 0.521. The third-order valence-electron chi connectivity index (χ3n) is 6.45. The summed E-state index contributed by atoms with van der Waals surface area (Å²) >= 11 is 10.0. The van der Waals surface area contributed by atoms with Crippen molar-refractivity contribution in [1.82, 2.24) is 25.1 Å². The van der Waals surface area contributed by atoms with Gasteiger partial charge in [0, 0.05) is 50.4 Å². The van der Waals surface area contributed by atoms with Crippen LogP contribution in [0.2, 0.25) is 5.02 Å². The van der Waals surface area contributed by atoms with Gasteiger partial charge in [-0.3, -0.25) is 9.89 Å². The molecule has 1 aromatic carbocycles. The molecule has 0 aliphatic carbocycles. The SMILES string of the molecule is CC(=O)ON(CCN1CCCC1)c1cc(Cl)cc(N2CCN(c3ncnc4[nH]nc(Br)c34)CC2)c1. The molecule has 0 atom stereocenters. The van der Waals surface area contributed by atoms with Gasteiger partial charge in [-0.05, 0) is 60.1 Å². The van der Waals surface area contributed by atoms with Gasteiger partial charge in [0.1, 0.15) is 16.7 Å². The maximum absolute atomic E-state index is 11.8. The van der Waals surface area contributed by atoms with E-state index in [0.29, 0.717) is 21.8 Å². The first-order chi connectivity index (χ1) is 17.0. The molecule has 0 saturated carbocycles. The number of hydrogen-bond donors (Lipinski definition) is 1. The molecular weight excluding hydrogens is 536 g/mol. The number of rotatable bonds is 7. The van der Waals surface area contributed by atoms with E-state index in [1.54, 1.807) is 11.4 Å². The van der Waals surface area contributed by atoms with E-state index in [0.717, 1.165) is 68.4 Å². The van der Waals surface area contributed by atoms with Crippen LogP contribution in [-0.4, -0.2) is 83.4 Å². The van der Waals surface area contributed by atoms with Crippen LogP contribution >= 0.6 is 27.5 Å². The van der Waals surface area contributed by atoms with Gasteiger partial charge in [0.2, 0.25) is 0 Å². The number of H-pyrrole nitrogens is 1. The molecule has 10 nitrogen and oxygen atoms in total. The number of piperazine rings is 1. The molecular formula is C23H28BrClN8O2. The summed E-state index contributed by atoms with van der Waals surface area (Å²) in [5.41, 5.74) is 2.50. The first-order valence-electron chi connectivity index (χ1n) is 11.8. The van der Waals surface area contributed by atoms with Crippen LogP contribution in [0.1, 0.15) is 19.8 Å². The zero-order valence-electron chi connectivity index (χ0n) is 19.6. The van der Waals surface area contributed by atoms with E-state index < -0.39 is 0 Å². The molecule has 0 unspecified atom stereocenters. The zero-order chi connectivity index (χ0) is 24.4. The fourth-order valence-corrected chi connectivity index (χ4v) is 5.41. The van der Waals surface area contributed by atoms with Crippen LogP contribution < -0.4 is 14.9 Å². The van der Waals surface area contributed by atoms with Gasteiger partial charge in [0.05, 0.1) is 17.6 Å². The first-order valence-corrected chi connectivity index (χ1v) is 13.0. The summed E-state index contributed by atoms with van der Waals surface area (Å²) < 4.78 is 0.713. The number of hydrogen-bond acceptors (Lipinski definition) is 9. The van der Waals surface area contributed by atoms with Crippen LogP contribution in [0, 0.1) is 0 Å². The van der Waals surface area contributed by atoms with Crippen LogP contribution in [0.15, 0.2) is 29.1 Å². The van der Waals surface area contributed by atoms with Gasteiger partial charge in [-0.2, -0.15) is 5.10 Å². The summed E-state index contributed by atoms with van der Waals surface area (Å²) in [6, 6.07) is 5.86. The molecule has 2 aromatic heterocycles. The largest absolute Gasteiger partial charge is 0.368 e. The number of benzene rings is 1. The second kappa shape index (κ2) is 10.5. The number of nitrogens with one attached hydrogen (secondary N) is 1. The number of aromatic nitrogens is 4. The standard InChI is InChI=1S/C23H28BrClN8O2/c1-16(34)35-33(11-6-30-4-2-3-5-30)19-13-17(25)12-18(14-19)31-7-9-32(10-8-31)23-20-21(24)28-29-22(20)26-15-27-23/h12-15H,2-11H2,1H3,(H,26,27,28,29). The lowest BCUT2D eigenvalue weighted by Crippen LogP contribution is -2.47. The predicted octanol–water partition coefficient (Wildman–Crippen LogP) is 3.48. The zero-order valence-corrected chi connectivity index (χ0v) is 21.9. The number of halogens is 2. The molecule has 0 bridgehead atoms. The average Bonchev–Trinajstić information content (AvgIpc) is 3.51. The van der Waals surface area contributed by atoms with Crippen molar-refractivity contribution in [3.05, 3.63) is 34.2 Å². The highest BCUT2D eigenvalue weighted by Gasteiger charge is 2.24. The Kier molecular flexibility index (Phi) is 7.26. The molecule has 0 radical (unpaired) electrons. The van der Waals surface area contributed by atoms with Crippen molar-refractivity contribution < 1.29 is 9.63 Å². The minimum atomic E-state index is -0.344. The smallest absolute Gasteiger partial charge is 0.329 e. The highest BCUT2D eigenvalue weighted by Crippen LogP contribution is 2.32. The molecule has 12 heteroatoms. The van der Waals surface area contributed by atoms with Gasteiger partial charge in [0.15, 0.2) is 5.65 Å². The van der Waals surface area contributed by atoms with E-state index >= 15 is 0 Å². The van der Waals surface area contributed by atoms with E-state index in [1.807, 2.05) is 18.2 Å². The Balaban J connectivity index is 1.30. The molecule has 4 heterocycles. The number of likely N-dealkylation sites (tertiary alicyclic amines) is 1. The molecule has 3 aromatic rings. The number of hydroxylamine groups is 1. The highest BCUT2D eigenvalue weighted by atomic mass is 79.9. The highest BCUT2D eigenvalue weighted by molar-refractivity contribution is 9.10. The Hall–Kier alpha value is -2.63. The number of nitrogens with zero attached hydrogens (tertiary/aromatic N) is 7. The average molecular weight is 564 g/mol. The number of carbonyl (C=O) groups is 1. The monoisotopic (exact) mass is 562 g/mol. The lowest BCUT2D eigenvalue weighted by molar-refractivity contribution is -0.142.